The summed E-state index contributed by atoms with van der Waals surface area (Å²) in [6.45, 7) is 2.94. The fraction of sp³-hybridized carbons (Fsp3) is 0.647. The van der Waals surface area contributed by atoms with Crippen LogP contribution in [0.2, 0.25) is 0 Å². The highest BCUT2D eigenvalue weighted by atomic mass is 19.1. The van der Waals surface area contributed by atoms with Gasteiger partial charge in [-0.1, -0.05) is 25.0 Å². The number of nitrogens with one attached hydrogen (secondary N) is 1. The summed E-state index contributed by atoms with van der Waals surface area (Å²) in [6.07, 6.45) is 7.81. The van der Waals surface area contributed by atoms with Crippen LogP contribution in [0.4, 0.5) is 4.39 Å². The molecular weight excluding hydrogens is 253 g/mol. The fourth-order valence-electron chi connectivity index (χ4n) is 3.63. The molecule has 1 aliphatic heterocycles. The van der Waals surface area contributed by atoms with Crippen molar-refractivity contribution >= 4 is 0 Å². The van der Waals surface area contributed by atoms with Crippen molar-refractivity contribution in [2.75, 3.05) is 6.54 Å². The van der Waals surface area contributed by atoms with Crippen molar-refractivity contribution in [3.8, 4) is 0 Å². The van der Waals surface area contributed by atoms with Crippen LogP contribution in [0.5, 0.6) is 0 Å². The highest BCUT2D eigenvalue weighted by molar-refractivity contribution is 5.19. The summed E-state index contributed by atoms with van der Waals surface area (Å²) in [5.41, 5.74) is 1.20. The van der Waals surface area contributed by atoms with Crippen LogP contribution in [0.3, 0.4) is 0 Å². The van der Waals surface area contributed by atoms with Gasteiger partial charge in [-0.3, -0.25) is 0 Å². The Morgan fingerprint density at radius 2 is 2.15 bits per heavy atom. The Bertz CT molecular complexity index is 456. The van der Waals surface area contributed by atoms with E-state index < -0.39 is 0 Å². The molecule has 2 fully saturated rings. The zero-order chi connectivity index (χ0) is 14.0. The number of ether oxygens (including phenoxy) is 1. The third kappa shape index (κ3) is 3.04. The predicted molar refractivity (Wildman–Crippen MR) is 78.1 cm³/mol. The van der Waals surface area contributed by atoms with Gasteiger partial charge in [-0.05, 0) is 50.3 Å². The Kier molecular flexibility index (Phi) is 4.08. The van der Waals surface area contributed by atoms with Crippen LogP contribution >= 0.6 is 0 Å². The summed E-state index contributed by atoms with van der Waals surface area (Å²) in [5.74, 6) is -0.168. The third-order valence-corrected chi connectivity index (χ3v) is 4.85. The van der Waals surface area contributed by atoms with E-state index in [0.717, 1.165) is 18.5 Å². The Balaban J connectivity index is 1.50. The van der Waals surface area contributed by atoms with Gasteiger partial charge in [-0.2, -0.15) is 0 Å². The monoisotopic (exact) mass is 277 g/mol. The normalized spacial score (nSPS) is 26.2. The minimum Gasteiger partial charge on any atom is -0.370 e. The molecule has 2 nitrogen and oxygen atoms in total. The van der Waals surface area contributed by atoms with Crippen LogP contribution in [0.1, 0.15) is 57.1 Å². The average Bonchev–Trinajstić information content (AvgIpc) is 3.07. The van der Waals surface area contributed by atoms with Gasteiger partial charge in [0.15, 0.2) is 0 Å². The van der Waals surface area contributed by atoms with E-state index in [0.29, 0.717) is 6.10 Å². The molecule has 1 spiro atoms. The van der Waals surface area contributed by atoms with Gasteiger partial charge in [-0.25, -0.2) is 4.39 Å². The van der Waals surface area contributed by atoms with Crippen molar-refractivity contribution < 1.29 is 9.13 Å². The summed E-state index contributed by atoms with van der Waals surface area (Å²) >= 11 is 0. The lowest BCUT2D eigenvalue weighted by Crippen LogP contribution is -2.32. The zero-order valence-electron chi connectivity index (χ0n) is 12.2. The maximum atomic E-state index is 13.2. The molecule has 3 heteroatoms. The molecule has 2 unspecified atom stereocenters. The lowest BCUT2D eigenvalue weighted by Gasteiger charge is -2.24. The maximum absolute atomic E-state index is 13.2. The van der Waals surface area contributed by atoms with Gasteiger partial charge < -0.3 is 10.1 Å². The van der Waals surface area contributed by atoms with Crippen LogP contribution in [-0.2, 0) is 4.74 Å². The van der Waals surface area contributed by atoms with Crippen LogP contribution in [0.15, 0.2) is 24.3 Å². The fourth-order valence-corrected chi connectivity index (χ4v) is 3.63. The number of benzene rings is 1. The first kappa shape index (κ1) is 14.0. The molecule has 0 bridgehead atoms. The highest BCUT2D eigenvalue weighted by Crippen LogP contribution is 2.43. The molecule has 1 saturated carbocycles. The molecule has 1 N–H and O–H groups in total. The summed E-state index contributed by atoms with van der Waals surface area (Å²) < 4.78 is 19.5. The molecule has 0 aromatic heterocycles. The summed E-state index contributed by atoms with van der Waals surface area (Å²) in [5, 5.41) is 3.48. The minimum atomic E-state index is -0.168. The van der Waals surface area contributed by atoms with E-state index in [1.54, 1.807) is 12.1 Å². The smallest absolute Gasteiger partial charge is 0.123 e. The molecule has 110 valence electrons. The first-order valence-corrected chi connectivity index (χ1v) is 7.84. The molecule has 20 heavy (non-hydrogen) atoms. The van der Waals surface area contributed by atoms with Crippen LogP contribution < -0.4 is 5.32 Å². The Hall–Kier alpha value is -0.930. The predicted octanol–water partition coefficient (Wildman–Crippen LogP) is 3.97. The minimum absolute atomic E-state index is 0.162. The molecular formula is C17H24FNO. The van der Waals surface area contributed by atoms with E-state index in [-0.39, 0.29) is 17.5 Å². The van der Waals surface area contributed by atoms with Crippen molar-refractivity contribution in [2.45, 2.75) is 63.2 Å². The average molecular weight is 277 g/mol. The summed E-state index contributed by atoms with van der Waals surface area (Å²) in [7, 11) is 0. The molecule has 2 atom stereocenters. The topological polar surface area (TPSA) is 21.3 Å². The molecule has 0 radical (unpaired) electrons. The SMILES string of the molecule is CC(NCC1CCC2(CCCC2)O1)c1cccc(F)c1. The third-order valence-electron chi connectivity index (χ3n) is 4.85. The Morgan fingerprint density at radius 3 is 2.90 bits per heavy atom. The first-order chi connectivity index (χ1) is 9.67. The highest BCUT2D eigenvalue weighted by Gasteiger charge is 2.41. The van der Waals surface area contributed by atoms with Crippen LogP contribution in [0.25, 0.3) is 0 Å². The zero-order valence-corrected chi connectivity index (χ0v) is 12.2. The van der Waals surface area contributed by atoms with Crippen molar-refractivity contribution in [2.24, 2.45) is 0 Å². The van der Waals surface area contributed by atoms with Crippen LogP contribution in [0, 0.1) is 5.82 Å². The largest absolute Gasteiger partial charge is 0.370 e. The Labute approximate surface area is 120 Å². The van der Waals surface area contributed by atoms with Crippen molar-refractivity contribution in [1.82, 2.24) is 5.32 Å². The van der Waals surface area contributed by atoms with Crippen molar-refractivity contribution in [3.63, 3.8) is 0 Å². The number of hydrogen-bond donors (Lipinski definition) is 1. The lowest BCUT2D eigenvalue weighted by atomic mass is 9.98. The number of rotatable bonds is 4. The lowest BCUT2D eigenvalue weighted by molar-refractivity contribution is -0.0357. The molecule has 1 aliphatic carbocycles. The van der Waals surface area contributed by atoms with E-state index in [2.05, 4.69) is 12.2 Å². The van der Waals surface area contributed by atoms with Gasteiger partial charge in [0.05, 0.1) is 11.7 Å². The van der Waals surface area contributed by atoms with E-state index in [9.17, 15) is 4.39 Å². The van der Waals surface area contributed by atoms with Gasteiger partial charge in [0.1, 0.15) is 5.82 Å². The quantitative estimate of drug-likeness (QED) is 0.899. The summed E-state index contributed by atoms with van der Waals surface area (Å²) in [6, 6.07) is 6.98. The van der Waals surface area contributed by atoms with Gasteiger partial charge >= 0.3 is 0 Å². The van der Waals surface area contributed by atoms with E-state index >= 15 is 0 Å². The standard InChI is InChI=1S/C17H24FNO/c1-13(14-5-4-6-15(18)11-14)19-12-16-7-10-17(20-16)8-2-3-9-17/h4-6,11,13,16,19H,2-3,7-10,12H2,1H3. The van der Waals surface area contributed by atoms with E-state index in [1.165, 1.54) is 38.2 Å². The Morgan fingerprint density at radius 1 is 1.35 bits per heavy atom. The maximum Gasteiger partial charge on any atom is 0.123 e. The van der Waals surface area contributed by atoms with E-state index in [1.807, 2.05) is 6.07 Å². The summed E-state index contributed by atoms with van der Waals surface area (Å²) in [4.78, 5) is 0. The first-order valence-electron chi connectivity index (χ1n) is 7.84. The number of halogens is 1. The second-order valence-corrected chi connectivity index (χ2v) is 6.35. The molecule has 1 aromatic carbocycles. The van der Waals surface area contributed by atoms with Gasteiger partial charge in [0, 0.05) is 12.6 Å². The second kappa shape index (κ2) is 5.82. The molecule has 3 rings (SSSR count). The molecule has 1 aromatic rings. The molecule has 1 saturated heterocycles. The molecule has 0 amide bonds. The van der Waals surface area contributed by atoms with E-state index in [4.69, 9.17) is 4.74 Å². The van der Waals surface area contributed by atoms with Crippen molar-refractivity contribution in [1.29, 1.82) is 0 Å². The van der Waals surface area contributed by atoms with Gasteiger partial charge in [0.25, 0.3) is 0 Å². The molecule has 2 aliphatic rings. The van der Waals surface area contributed by atoms with Gasteiger partial charge in [-0.15, -0.1) is 0 Å². The molecule has 1 heterocycles. The van der Waals surface area contributed by atoms with Crippen molar-refractivity contribution in [3.05, 3.63) is 35.6 Å². The van der Waals surface area contributed by atoms with Gasteiger partial charge in [0.2, 0.25) is 0 Å². The second-order valence-electron chi connectivity index (χ2n) is 6.35. The number of hydrogen-bond acceptors (Lipinski definition) is 2. The van der Waals surface area contributed by atoms with Crippen LogP contribution in [-0.4, -0.2) is 18.2 Å².